The molecule has 6 nitrogen and oxygen atoms in total. The van der Waals surface area contributed by atoms with Crippen molar-refractivity contribution in [1.29, 1.82) is 0 Å². The van der Waals surface area contributed by atoms with Crippen LogP contribution in [0.5, 0.6) is 0 Å². The second kappa shape index (κ2) is 6.21. The lowest BCUT2D eigenvalue weighted by Gasteiger charge is -2.14. The van der Waals surface area contributed by atoms with Crippen molar-refractivity contribution in [2.45, 2.75) is 13.0 Å². The quantitative estimate of drug-likeness (QED) is 0.592. The van der Waals surface area contributed by atoms with Crippen molar-refractivity contribution in [3.05, 3.63) is 36.0 Å². The molecule has 0 radical (unpaired) electrons. The lowest BCUT2D eigenvalue weighted by molar-refractivity contribution is -0.139. The zero-order chi connectivity index (χ0) is 14.5. The molecule has 1 aromatic carbocycles. The van der Waals surface area contributed by atoms with Gasteiger partial charge in [0.2, 0.25) is 5.91 Å². The average molecular weight is 275 g/mol. The number of carboxylic acids is 1. The van der Waals surface area contributed by atoms with Crippen molar-refractivity contribution in [3.8, 4) is 0 Å². The van der Waals surface area contributed by atoms with Crippen LogP contribution in [0.1, 0.15) is 18.5 Å². The number of benzene rings is 1. The maximum atomic E-state index is 11.4. The molecule has 106 valence electrons. The zero-order valence-corrected chi connectivity index (χ0v) is 11.1. The maximum absolute atomic E-state index is 11.4. The summed E-state index contributed by atoms with van der Waals surface area (Å²) in [6.45, 7) is 2.20. The molecule has 0 bridgehead atoms. The highest BCUT2D eigenvalue weighted by molar-refractivity contribution is 5.89. The first-order valence-electron chi connectivity index (χ1n) is 6.36. The predicted octanol–water partition coefficient (Wildman–Crippen LogP) is 1.02. The minimum absolute atomic E-state index is 0.134. The molecule has 4 N–H and O–H groups in total. The van der Waals surface area contributed by atoms with E-state index in [0.29, 0.717) is 18.7 Å². The summed E-state index contributed by atoms with van der Waals surface area (Å²) in [7, 11) is 0. The topological polar surface area (TPSA) is 94.2 Å². The van der Waals surface area contributed by atoms with Crippen LogP contribution in [0.15, 0.2) is 30.5 Å². The summed E-state index contributed by atoms with van der Waals surface area (Å²) in [5.74, 6) is -1.08. The molecule has 1 atom stereocenters. The second-order valence-corrected chi connectivity index (χ2v) is 4.50. The number of carbonyl (C=O) groups is 2. The predicted molar refractivity (Wildman–Crippen MR) is 75.4 cm³/mol. The number of H-pyrrole nitrogens is 1. The molecule has 1 unspecified atom stereocenters. The molecule has 2 aromatic rings. The Kier molecular flexibility index (Phi) is 4.37. The minimum Gasteiger partial charge on any atom is -0.480 e. The summed E-state index contributed by atoms with van der Waals surface area (Å²) >= 11 is 0. The van der Waals surface area contributed by atoms with Crippen molar-refractivity contribution in [1.82, 2.24) is 15.6 Å². The molecule has 0 aliphatic carbocycles. The minimum atomic E-state index is -0.947. The maximum Gasteiger partial charge on any atom is 0.325 e. The van der Waals surface area contributed by atoms with Gasteiger partial charge in [0.05, 0.1) is 0 Å². The summed E-state index contributed by atoms with van der Waals surface area (Å²) in [6, 6.07) is 6.74. The van der Waals surface area contributed by atoms with Gasteiger partial charge < -0.3 is 15.4 Å². The molecule has 0 saturated carbocycles. The summed E-state index contributed by atoms with van der Waals surface area (Å²) in [5.41, 5.74) is 1.59. The number of para-hydroxylation sites is 1. The Morgan fingerprint density at radius 1 is 1.30 bits per heavy atom. The van der Waals surface area contributed by atoms with Crippen LogP contribution in [0.4, 0.5) is 0 Å². The molecule has 0 fully saturated rings. The van der Waals surface area contributed by atoms with Gasteiger partial charge in [0.25, 0.3) is 0 Å². The molecule has 2 rings (SSSR count). The summed E-state index contributed by atoms with van der Waals surface area (Å²) in [4.78, 5) is 25.2. The smallest absolute Gasteiger partial charge is 0.325 e. The molecular formula is C14H17N3O3. The van der Waals surface area contributed by atoms with E-state index in [9.17, 15) is 14.7 Å². The summed E-state index contributed by atoms with van der Waals surface area (Å²) < 4.78 is 0. The number of aliphatic carboxylic acids is 1. The van der Waals surface area contributed by atoms with E-state index in [2.05, 4.69) is 15.6 Å². The van der Waals surface area contributed by atoms with E-state index >= 15 is 0 Å². The van der Waals surface area contributed by atoms with Gasteiger partial charge in [-0.25, -0.2) is 0 Å². The average Bonchev–Trinajstić information content (AvgIpc) is 2.82. The Hall–Kier alpha value is -2.34. The Labute approximate surface area is 116 Å². The molecule has 1 amide bonds. The summed E-state index contributed by atoms with van der Waals surface area (Å²) in [6.07, 6.45) is 1.70. The van der Waals surface area contributed by atoms with Crippen molar-refractivity contribution in [2.24, 2.45) is 0 Å². The number of rotatable bonds is 6. The zero-order valence-electron chi connectivity index (χ0n) is 11.1. The number of carbonyl (C=O) groups excluding carboxylic acids is 1. The highest BCUT2D eigenvalue weighted by atomic mass is 16.4. The van der Waals surface area contributed by atoms with Gasteiger partial charge in [0, 0.05) is 42.7 Å². The van der Waals surface area contributed by atoms with Gasteiger partial charge >= 0.3 is 5.97 Å². The molecule has 0 saturated heterocycles. The fraction of sp³-hybridized carbons (Fsp3) is 0.286. The monoisotopic (exact) mass is 275 g/mol. The van der Waals surface area contributed by atoms with E-state index in [0.717, 1.165) is 10.9 Å². The first-order valence-corrected chi connectivity index (χ1v) is 6.36. The van der Waals surface area contributed by atoms with Gasteiger partial charge in [-0.3, -0.25) is 14.9 Å². The van der Waals surface area contributed by atoms with E-state index in [-0.39, 0.29) is 5.91 Å². The van der Waals surface area contributed by atoms with Crippen LogP contribution < -0.4 is 10.6 Å². The van der Waals surface area contributed by atoms with E-state index in [1.165, 1.54) is 6.92 Å². The first-order chi connectivity index (χ1) is 9.59. The van der Waals surface area contributed by atoms with E-state index in [1.807, 2.05) is 24.3 Å². The van der Waals surface area contributed by atoms with Crippen LogP contribution in [-0.4, -0.2) is 35.1 Å². The van der Waals surface area contributed by atoms with Gasteiger partial charge in [0.15, 0.2) is 0 Å². The van der Waals surface area contributed by atoms with Crippen molar-refractivity contribution >= 4 is 22.8 Å². The third kappa shape index (κ3) is 3.16. The van der Waals surface area contributed by atoms with Crippen LogP contribution >= 0.6 is 0 Å². The van der Waals surface area contributed by atoms with E-state index in [1.54, 1.807) is 6.20 Å². The largest absolute Gasteiger partial charge is 0.480 e. The van der Waals surface area contributed by atoms with Crippen molar-refractivity contribution < 1.29 is 14.7 Å². The Morgan fingerprint density at radius 2 is 2.05 bits per heavy atom. The third-order valence-electron chi connectivity index (χ3n) is 3.03. The molecule has 0 aliphatic heterocycles. The first kappa shape index (κ1) is 14.1. The Bertz CT molecular complexity index is 621. The Balaban J connectivity index is 2.12. The number of hydrogen-bond acceptors (Lipinski definition) is 3. The van der Waals surface area contributed by atoms with Crippen LogP contribution in [0.2, 0.25) is 0 Å². The van der Waals surface area contributed by atoms with Gasteiger partial charge in [-0.15, -0.1) is 0 Å². The standard InChI is InChI=1S/C14H17N3O3/c1-9(18)15-6-7-16-13(14(19)20)11-8-17-12-5-3-2-4-10(11)12/h2-5,8,13,16-17H,6-7H2,1H3,(H,15,18)(H,19,20). The number of fused-ring (bicyclic) bond motifs is 1. The van der Waals surface area contributed by atoms with E-state index in [4.69, 9.17) is 0 Å². The Morgan fingerprint density at radius 3 is 2.75 bits per heavy atom. The number of amides is 1. The number of carboxylic acid groups (broad SMARTS) is 1. The molecular weight excluding hydrogens is 258 g/mol. The fourth-order valence-corrected chi connectivity index (χ4v) is 2.12. The lowest BCUT2D eigenvalue weighted by atomic mass is 10.1. The molecule has 0 aliphatic rings. The number of aromatic amines is 1. The molecule has 1 heterocycles. The lowest BCUT2D eigenvalue weighted by Crippen LogP contribution is -2.35. The number of nitrogens with one attached hydrogen (secondary N) is 3. The highest BCUT2D eigenvalue weighted by Gasteiger charge is 2.21. The number of aromatic nitrogens is 1. The summed E-state index contributed by atoms with van der Waals surface area (Å²) in [5, 5.41) is 15.8. The van der Waals surface area contributed by atoms with Gasteiger partial charge in [0.1, 0.15) is 6.04 Å². The second-order valence-electron chi connectivity index (χ2n) is 4.50. The van der Waals surface area contributed by atoms with Crippen molar-refractivity contribution in [3.63, 3.8) is 0 Å². The van der Waals surface area contributed by atoms with Crippen LogP contribution in [0.3, 0.4) is 0 Å². The normalized spacial score (nSPS) is 12.2. The molecule has 20 heavy (non-hydrogen) atoms. The third-order valence-corrected chi connectivity index (χ3v) is 3.03. The fourth-order valence-electron chi connectivity index (χ4n) is 2.12. The van der Waals surface area contributed by atoms with Gasteiger partial charge in [-0.1, -0.05) is 18.2 Å². The number of hydrogen-bond donors (Lipinski definition) is 4. The van der Waals surface area contributed by atoms with Crippen LogP contribution in [-0.2, 0) is 9.59 Å². The van der Waals surface area contributed by atoms with Crippen molar-refractivity contribution in [2.75, 3.05) is 13.1 Å². The molecule has 1 aromatic heterocycles. The molecule has 0 spiro atoms. The van der Waals surface area contributed by atoms with Crippen LogP contribution in [0, 0.1) is 0 Å². The van der Waals surface area contributed by atoms with Crippen LogP contribution in [0.25, 0.3) is 10.9 Å². The van der Waals surface area contributed by atoms with Gasteiger partial charge in [-0.05, 0) is 6.07 Å². The van der Waals surface area contributed by atoms with Gasteiger partial charge in [-0.2, -0.15) is 0 Å². The molecule has 6 heteroatoms. The SMILES string of the molecule is CC(=O)NCCNC(C(=O)O)c1c[nH]c2ccccc12. The highest BCUT2D eigenvalue weighted by Crippen LogP contribution is 2.24. The van der Waals surface area contributed by atoms with E-state index < -0.39 is 12.0 Å².